The second-order valence-corrected chi connectivity index (χ2v) is 6.80. The second kappa shape index (κ2) is 7.84. The smallest absolute Gasteiger partial charge is 0.251 e. The summed E-state index contributed by atoms with van der Waals surface area (Å²) < 4.78 is 24.5. The molecule has 0 saturated carbocycles. The van der Waals surface area contributed by atoms with Crippen molar-refractivity contribution in [3.63, 3.8) is 0 Å². The van der Waals surface area contributed by atoms with Crippen LogP contribution < -0.4 is 21.1 Å². The predicted octanol–water partition coefficient (Wildman–Crippen LogP) is 2.21. The Morgan fingerprint density at radius 2 is 2.21 bits per heavy atom. The van der Waals surface area contributed by atoms with E-state index in [9.17, 15) is 9.18 Å². The molecule has 2 aliphatic heterocycles. The number of benzene rings is 2. The first-order chi connectivity index (χ1) is 14.0. The summed E-state index contributed by atoms with van der Waals surface area (Å²) in [5.41, 5.74) is 9.19. The summed E-state index contributed by atoms with van der Waals surface area (Å²) in [6, 6.07) is 9.99. The van der Waals surface area contributed by atoms with Crippen LogP contribution >= 0.6 is 0 Å². The average molecular weight is 396 g/mol. The molecule has 0 aliphatic carbocycles. The maximum Gasteiger partial charge on any atom is 0.251 e. The Labute approximate surface area is 167 Å². The van der Waals surface area contributed by atoms with Gasteiger partial charge in [0.1, 0.15) is 17.4 Å². The van der Waals surface area contributed by atoms with Gasteiger partial charge in [-0.1, -0.05) is 12.1 Å². The van der Waals surface area contributed by atoms with Gasteiger partial charge in [-0.3, -0.25) is 4.79 Å². The number of carbonyl (C=O) groups excluding carboxylic acids is 1. The van der Waals surface area contributed by atoms with Crippen LogP contribution in [0, 0.1) is 5.82 Å². The van der Waals surface area contributed by atoms with Crippen LogP contribution in [-0.2, 0) is 17.9 Å². The van der Waals surface area contributed by atoms with Crippen LogP contribution in [0.1, 0.15) is 27.0 Å². The highest BCUT2D eigenvalue weighted by molar-refractivity contribution is 5.95. The fourth-order valence-corrected chi connectivity index (χ4v) is 3.34. The second-order valence-electron chi connectivity index (χ2n) is 6.80. The minimum atomic E-state index is -0.392. The Kier molecular flexibility index (Phi) is 5.09. The van der Waals surface area contributed by atoms with Gasteiger partial charge in [-0.15, -0.1) is 0 Å². The molecule has 4 rings (SSSR count). The van der Waals surface area contributed by atoms with Crippen LogP contribution in [0.2, 0.25) is 0 Å². The zero-order chi connectivity index (χ0) is 20.4. The lowest BCUT2D eigenvalue weighted by atomic mass is 10.1. The number of rotatable bonds is 4. The highest BCUT2D eigenvalue weighted by Crippen LogP contribution is 2.29. The lowest BCUT2D eigenvalue weighted by Crippen LogP contribution is -2.26. The minimum absolute atomic E-state index is 0.108. The van der Waals surface area contributed by atoms with Crippen LogP contribution in [0.4, 0.5) is 4.39 Å². The zero-order valence-electron chi connectivity index (χ0n) is 15.9. The van der Waals surface area contributed by atoms with E-state index in [1.54, 1.807) is 24.5 Å². The van der Waals surface area contributed by atoms with Crippen molar-refractivity contribution in [2.45, 2.75) is 13.2 Å². The first-order valence-electron chi connectivity index (χ1n) is 9.08. The van der Waals surface area contributed by atoms with Gasteiger partial charge in [-0.05, 0) is 24.3 Å². The van der Waals surface area contributed by atoms with E-state index in [1.165, 1.54) is 12.1 Å². The van der Waals surface area contributed by atoms with Gasteiger partial charge in [0.25, 0.3) is 5.91 Å². The van der Waals surface area contributed by atoms with Crippen molar-refractivity contribution in [3.8, 4) is 5.75 Å². The number of ether oxygens (including phenoxy) is 2. The number of hydrogen-bond acceptors (Lipinski definition) is 6. The summed E-state index contributed by atoms with van der Waals surface area (Å²) in [5, 5.41) is 5.80. The standard InChI is InChI=1S/C21H21FN4O3/c1-26-10-19(23)24-9-18(26)13-3-2-4-14(5-13)21(27)25-8-15-6-17(22)7-16-11-28-12-29-20(15)16/h2-7,9-10,24H,8,11-12,23H2,1H3,(H,25,27). The first-order valence-corrected chi connectivity index (χ1v) is 9.08. The molecule has 0 atom stereocenters. The molecular formula is C21H21FN4O3. The predicted molar refractivity (Wildman–Crippen MR) is 105 cm³/mol. The quantitative estimate of drug-likeness (QED) is 0.735. The van der Waals surface area contributed by atoms with Gasteiger partial charge < -0.3 is 30.7 Å². The van der Waals surface area contributed by atoms with E-state index in [-0.39, 0.29) is 25.9 Å². The van der Waals surface area contributed by atoms with Gasteiger partial charge in [-0.25, -0.2) is 4.39 Å². The summed E-state index contributed by atoms with van der Waals surface area (Å²) >= 11 is 0. The molecule has 1 amide bonds. The number of nitrogens with two attached hydrogens (primary N) is 1. The number of nitrogens with zero attached hydrogens (tertiary/aromatic N) is 1. The Morgan fingerprint density at radius 1 is 1.34 bits per heavy atom. The van der Waals surface area contributed by atoms with Crippen molar-refractivity contribution in [2.75, 3.05) is 13.8 Å². The lowest BCUT2D eigenvalue weighted by molar-refractivity contribution is -0.0173. The molecule has 7 nitrogen and oxygen atoms in total. The molecule has 0 saturated heterocycles. The molecule has 2 aromatic rings. The summed E-state index contributed by atoms with van der Waals surface area (Å²) in [6.45, 7) is 0.537. The van der Waals surface area contributed by atoms with Crippen LogP contribution in [0.15, 0.2) is 54.6 Å². The van der Waals surface area contributed by atoms with Crippen molar-refractivity contribution < 1.29 is 18.7 Å². The van der Waals surface area contributed by atoms with Crippen molar-refractivity contribution in [2.24, 2.45) is 5.73 Å². The van der Waals surface area contributed by atoms with Crippen molar-refractivity contribution in [3.05, 3.63) is 82.7 Å². The molecule has 2 heterocycles. The van der Waals surface area contributed by atoms with Gasteiger partial charge in [-0.2, -0.15) is 0 Å². The monoisotopic (exact) mass is 396 g/mol. The summed E-state index contributed by atoms with van der Waals surface area (Å²) in [5.74, 6) is 0.447. The van der Waals surface area contributed by atoms with E-state index in [0.29, 0.717) is 28.3 Å². The first kappa shape index (κ1) is 18.8. The van der Waals surface area contributed by atoms with Gasteiger partial charge >= 0.3 is 0 Å². The minimum Gasteiger partial charge on any atom is -0.467 e. The number of fused-ring (bicyclic) bond motifs is 1. The van der Waals surface area contributed by atoms with E-state index in [0.717, 1.165) is 11.3 Å². The number of hydrogen-bond donors (Lipinski definition) is 3. The number of halogens is 1. The number of amides is 1. The van der Waals surface area contributed by atoms with Gasteiger partial charge in [0.05, 0.1) is 12.3 Å². The Hall–Kier alpha value is -3.52. The third-order valence-corrected chi connectivity index (χ3v) is 4.70. The normalized spacial score (nSPS) is 15.4. The summed E-state index contributed by atoms with van der Waals surface area (Å²) in [4.78, 5) is 14.6. The Balaban J connectivity index is 1.50. The highest BCUT2D eigenvalue weighted by Gasteiger charge is 2.18. The Bertz CT molecular complexity index is 1020. The molecule has 4 N–H and O–H groups in total. The average Bonchev–Trinajstić information content (AvgIpc) is 2.71. The molecule has 0 radical (unpaired) electrons. The molecule has 0 spiro atoms. The summed E-state index contributed by atoms with van der Waals surface area (Å²) in [6.07, 6.45) is 3.55. The van der Waals surface area contributed by atoms with E-state index >= 15 is 0 Å². The van der Waals surface area contributed by atoms with Crippen molar-refractivity contribution in [1.29, 1.82) is 0 Å². The Morgan fingerprint density at radius 3 is 3.03 bits per heavy atom. The van der Waals surface area contributed by atoms with Crippen molar-refractivity contribution in [1.82, 2.24) is 15.5 Å². The van der Waals surface area contributed by atoms with Crippen LogP contribution in [-0.4, -0.2) is 24.6 Å². The van der Waals surface area contributed by atoms with Gasteiger partial charge in [0.15, 0.2) is 6.79 Å². The molecule has 0 aromatic heterocycles. The van der Waals surface area contributed by atoms with Gasteiger partial charge in [0, 0.05) is 48.2 Å². The molecule has 150 valence electrons. The number of carbonyl (C=O) groups is 1. The fourth-order valence-electron chi connectivity index (χ4n) is 3.34. The molecular weight excluding hydrogens is 375 g/mol. The van der Waals surface area contributed by atoms with Gasteiger partial charge in [0.2, 0.25) is 0 Å². The van der Waals surface area contributed by atoms with E-state index < -0.39 is 5.82 Å². The summed E-state index contributed by atoms with van der Waals surface area (Å²) in [7, 11) is 1.88. The van der Waals surface area contributed by atoms with Crippen LogP contribution in [0.5, 0.6) is 5.75 Å². The fraction of sp³-hybridized carbons (Fsp3) is 0.190. The van der Waals surface area contributed by atoms with Crippen LogP contribution in [0.3, 0.4) is 0 Å². The third kappa shape index (κ3) is 4.02. The van der Waals surface area contributed by atoms with E-state index in [4.69, 9.17) is 15.2 Å². The zero-order valence-corrected chi connectivity index (χ0v) is 15.9. The maximum atomic E-state index is 13.9. The molecule has 0 bridgehead atoms. The maximum absolute atomic E-state index is 13.9. The van der Waals surface area contributed by atoms with E-state index in [1.807, 2.05) is 24.1 Å². The SMILES string of the molecule is CN1C=C(N)NC=C1c1cccc(C(=O)NCc2cc(F)cc3c2OCOC3)c1. The topological polar surface area (TPSA) is 88.9 Å². The molecule has 8 heteroatoms. The highest BCUT2D eigenvalue weighted by atomic mass is 19.1. The van der Waals surface area contributed by atoms with E-state index in [2.05, 4.69) is 10.6 Å². The molecule has 29 heavy (non-hydrogen) atoms. The van der Waals surface area contributed by atoms with Crippen LogP contribution in [0.25, 0.3) is 5.70 Å². The number of nitrogens with one attached hydrogen (secondary N) is 2. The molecule has 0 fully saturated rings. The molecule has 2 aliphatic rings. The molecule has 2 aromatic carbocycles. The lowest BCUT2D eigenvalue weighted by Gasteiger charge is -2.24. The largest absolute Gasteiger partial charge is 0.467 e. The third-order valence-electron chi connectivity index (χ3n) is 4.70. The van der Waals surface area contributed by atoms with Crippen molar-refractivity contribution >= 4 is 11.6 Å². The molecule has 0 unspecified atom stereocenters.